The number of carbonyl (C=O) groups is 1. The van der Waals surface area contributed by atoms with Crippen LogP contribution < -0.4 is 10.9 Å². The van der Waals surface area contributed by atoms with Crippen LogP contribution in [0.5, 0.6) is 0 Å². The summed E-state index contributed by atoms with van der Waals surface area (Å²) in [5.74, 6) is 0.526. The average Bonchev–Trinajstić information content (AvgIpc) is 3.08. The highest BCUT2D eigenvalue weighted by Crippen LogP contribution is 2.37. The summed E-state index contributed by atoms with van der Waals surface area (Å²) in [6.07, 6.45) is 3.59. The number of hydrogen-bond donors (Lipinski definition) is 2. The van der Waals surface area contributed by atoms with Gasteiger partial charge in [-0.15, -0.1) is 11.3 Å². The largest absolute Gasteiger partial charge is 0.311 e. The van der Waals surface area contributed by atoms with Gasteiger partial charge in [-0.25, -0.2) is 4.98 Å². The minimum absolute atomic E-state index is 0.147. The Morgan fingerprint density at radius 3 is 3.00 bits per heavy atom. The number of nitrogens with zero attached hydrogens (tertiary/aromatic N) is 2. The first-order valence-electron chi connectivity index (χ1n) is 5.53. The zero-order chi connectivity index (χ0) is 12.5. The maximum Gasteiger partial charge on any atom is 0.275 e. The van der Waals surface area contributed by atoms with E-state index in [-0.39, 0.29) is 17.2 Å². The van der Waals surface area contributed by atoms with Crippen molar-refractivity contribution in [3.63, 3.8) is 0 Å². The summed E-state index contributed by atoms with van der Waals surface area (Å²) in [5, 5.41) is 3.29. The fourth-order valence-corrected chi connectivity index (χ4v) is 2.10. The molecule has 2 aromatic heterocycles. The van der Waals surface area contributed by atoms with Crippen LogP contribution in [0.1, 0.15) is 35.1 Å². The fraction of sp³-hybridized carbons (Fsp3) is 0.273. The van der Waals surface area contributed by atoms with E-state index >= 15 is 0 Å². The molecule has 0 aliphatic heterocycles. The van der Waals surface area contributed by atoms with Crippen LogP contribution in [-0.2, 0) is 0 Å². The molecule has 1 aliphatic rings. The lowest BCUT2D eigenvalue weighted by Gasteiger charge is -2.03. The summed E-state index contributed by atoms with van der Waals surface area (Å²) in [6.45, 7) is 0. The van der Waals surface area contributed by atoms with Crippen molar-refractivity contribution in [3.8, 4) is 0 Å². The number of aromatic amines is 1. The zero-order valence-corrected chi connectivity index (χ0v) is 10.2. The maximum absolute atomic E-state index is 11.9. The van der Waals surface area contributed by atoms with Crippen LogP contribution in [0.3, 0.4) is 0 Å². The van der Waals surface area contributed by atoms with Crippen LogP contribution in [0.25, 0.3) is 0 Å². The molecule has 1 amide bonds. The molecule has 0 atom stereocenters. The van der Waals surface area contributed by atoms with Crippen molar-refractivity contribution < 1.29 is 4.79 Å². The predicted molar refractivity (Wildman–Crippen MR) is 66.9 cm³/mol. The van der Waals surface area contributed by atoms with E-state index in [2.05, 4.69) is 20.3 Å². The van der Waals surface area contributed by atoms with Crippen molar-refractivity contribution in [2.45, 2.75) is 18.8 Å². The van der Waals surface area contributed by atoms with Crippen molar-refractivity contribution in [2.24, 2.45) is 0 Å². The molecule has 2 aromatic rings. The number of aromatic nitrogens is 3. The highest BCUT2D eigenvalue weighted by molar-refractivity contribution is 7.14. The second-order valence-corrected chi connectivity index (χ2v) is 5.00. The van der Waals surface area contributed by atoms with E-state index in [0.29, 0.717) is 16.7 Å². The summed E-state index contributed by atoms with van der Waals surface area (Å²) >= 11 is 1.32. The lowest BCUT2D eigenvalue weighted by atomic mass is 10.3. The van der Waals surface area contributed by atoms with Crippen LogP contribution in [0, 0.1) is 0 Å². The number of carbonyl (C=O) groups excluding carboxylic acids is 1. The molecule has 2 N–H and O–H groups in total. The van der Waals surface area contributed by atoms with Crippen LogP contribution in [0.15, 0.2) is 22.6 Å². The standard InChI is InChI=1S/C11H10N4O2S/c16-8-3-7(13-10(14-8)6-1-2-6)11(17)15-9-4-12-5-18-9/h3-6H,1-2H2,(H,15,17)(H,13,14,16). The van der Waals surface area contributed by atoms with E-state index in [1.807, 2.05) is 0 Å². The van der Waals surface area contributed by atoms with Gasteiger partial charge in [0.25, 0.3) is 11.5 Å². The average molecular weight is 262 g/mol. The molecular weight excluding hydrogens is 252 g/mol. The number of rotatable bonds is 3. The van der Waals surface area contributed by atoms with Gasteiger partial charge in [-0.2, -0.15) is 0 Å². The van der Waals surface area contributed by atoms with Crippen LogP contribution >= 0.6 is 11.3 Å². The fourth-order valence-electron chi connectivity index (χ4n) is 1.60. The van der Waals surface area contributed by atoms with Gasteiger partial charge in [0.05, 0.1) is 11.7 Å². The molecule has 6 nitrogen and oxygen atoms in total. The summed E-state index contributed by atoms with van der Waals surface area (Å²) < 4.78 is 0. The summed E-state index contributed by atoms with van der Waals surface area (Å²) in [4.78, 5) is 34.1. The second kappa shape index (κ2) is 4.34. The van der Waals surface area contributed by atoms with Gasteiger partial charge in [-0.05, 0) is 12.8 Å². The molecule has 7 heteroatoms. The summed E-state index contributed by atoms with van der Waals surface area (Å²) in [7, 11) is 0. The Hall–Kier alpha value is -2.02. The molecule has 1 saturated carbocycles. The lowest BCUT2D eigenvalue weighted by molar-refractivity contribution is 0.102. The SMILES string of the molecule is O=C(Nc1cncs1)c1cc(=O)[nH]c(C2CC2)n1. The van der Waals surface area contributed by atoms with Gasteiger partial charge < -0.3 is 10.3 Å². The molecule has 1 fully saturated rings. The van der Waals surface area contributed by atoms with Crippen molar-refractivity contribution in [3.05, 3.63) is 39.6 Å². The quantitative estimate of drug-likeness (QED) is 0.874. The summed E-state index contributed by atoms with van der Waals surface area (Å²) in [5.41, 5.74) is 1.48. The van der Waals surface area contributed by atoms with Crippen LogP contribution in [0.2, 0.25) is 0 Å². The third kappa shape index (κ3) is 2.30. The van der Waals surface area contributed by atoms with Gasteiger partial charge in [-0.1, -0.05) is 0 Å². The minimum Gasteiger partial charge on any atom is -0.311 e. The van der Waals surface area contributed by atoms with Crippen molar-refractivity contribution in [1.29, 1.82) is 0 Å². The van der Waals surface area contributed by atoms with Crippen molar-refractivity contribution in [2.75, 3.05) is 5.32 Å². The molecule has 0 unspecified atom stereocenters. The molecule has 0 radical (unpaired) electrons. The first kappa shape index (κ1) is 11.1. The van der Waals surface area contributed by atoms with Gasteiger partial charge in [-0.3, -0.25) is 14.6 Å². The van der Waals surface area contributed by atoms with Crippen LogP contribution in [-0.4, -0.2) is 20.9 Å². The van der Waals surface area contributed by atoms with Gasteiger partial charge in [0.1, 0.15) is 16.5 Å². The Kier molecular flexibility index (Phi) is 2.67. The maximum atomic E-state index is 11.9. The molecule has 0 bridgehead atoms. The molecule has 2 heterocycles. The Balaban J connectivity index is 1.86. The molecule has 1 aliphatic carbocycles. The van der Waals surface area contributed by atoms with Crippen molar-refractivity contribution in [1.82, 2.24) is 15.0 Å². The van der Waals surface area contributed by atoms with Gasteiger partial charge in [0, 0.05) is 12.0 Å². The van der Waals surface area contributed by atoms with E-state index in [1.165, 1.54) is 17.4 Å². The third-order valence-corrected chi connectivity index (χ3v) is 3.31. The highest BCUT2D eigenvalue weighted by atomic mass is 32.1. The van der Waals surface area contributed by atoms with E-state index in [1.54, 1.807) is 11.7 Å². The molecule has 3 rings (SSSR count). The smallest absolute Gasteiger partial charge is 0.275 e. The topological polar surface area (TPSA) is 87.7 Å². The second-order valence-electron chi connectivity index (χ2n) is 4.11. The van der Waals surface area contributed by atoms with Gasteiger partial charge >= 0.3 is 0 Å². The minimum atomic E-state index is -0.382. The van der Waals surface area contributed by atoms with Gasteiger partial charge in [0.2, 0.25) is 0 Å². The van der Waals surface area contributed by atoms with E-state index in [4.69, 9.17) is 0 Å². The number of nitrogens with one attached hydrogen (secondary N) is 2. The molecule has 0 spiro atoms. The lowest BCUT2D eigenvalue weighted by Crippen LogP contribution is -2.19. The normalized spacial score (nSPS) is 14.4. The van der Waals surface area contributed by atoms with Gasteiger partial charge in [0.15, 0.2) is 0 Å². The number of thiazole rings is 1. The molecule has 18 heavy (non-hydrogen) atoms. The molecule has 0 aromatic carbocycles. The Labute approximate surface area is 106 Å². The first-order chi connectivity index (χ1) is 8.72. The Morgan fingerprint density at radius 2 is 2.33 bits per heavy atom. The predicted octanol–water partition coefficient (Wildman–Crippen LogP) is 1.36. The highest BCUT2D eigenvalue weighted by Gasteiger charge is 2.27. The first-order valence-corrected chi connectivity index (χ1v) is 6.41. The van der Waals surface area contributed by atoms with E-state index in [0.717, 1.165) is 12.8 Å². The number of anilines is 1. The van der Waals surface area contributed by atoms with E-state index in [9.17, 15) is 9.59 Å². The van der Waals surface area contributed by atoms with Crippen molar-refractivity contribution >= 4 is 22.2 Å². The molecule has 0 saturated heterocycles. The monoisotopic (exact) mass is 262 g/mol. The molecular formula is C11H10N4O2S. The Morgan fingerprint density at radius 1 is 1.50 bits per heavy atom. The summed E-state index contributed by atoms with van der Waals surface area (Å²) in [6, 6.07) is 1.21. The molecule has 92 valence electrons. The Bertz CT molecular complexity index is 631. The number of H-pyrrole nitrogens is 1. The number of hydrogen-bond acceptors (Lipinski definition) is 5. The van der Waals surface area contributed by atoms with Crippen LogP contribution in [0.4, 0.5) is 5.00 Å². The number of amides is 1. The van der Waals surface area contributed by atoms with E-state index < -0.39 is 0 Å². The third-order valence-electron chi connectivity index (χ3n) is 2.63. The zero-order valence-electron chi connectivity index (χ0n) is 9.34.